The number of nitrogens with one attached hydrogen (secondary N) is 1. The van der Waals surface area contributed by atoms with Crippen LogP contribution in [0, 0.1) is 0 Å². The van der Waals surface area contributed by atoms with Gasteiger partial charge >= 0.3 is 0 Å². The standard InChI is InChI=1S/C21H23N3O3/c1-26-7-8-27-21-18-13-22-16(9-15(18)12-23-21)10-20(25)24-19-11-17(19)14-5-3-2-4-6-14/h2-6,9,13,17,19H,7-8,10-12H2,1H3,(H,24,25)/t17-,19+/m0/s1. The van der Waals surface area contributed by atoms with Gasteiger partial charge in [-0.25, -0.2) is 4.99 Å². The second-order valence-corrected chi connectivity index (χ2v) is 6.90. The molecule has 1 amide bonds. The fraction of sp³-hybridized carbons (Fsp3) is 0.381. The molecule has 0 spiro atoms. The summed E-state index contributed by atoms with van der Waals surface area (Å²) in [7, 11) is 1.64. The summed E-state index contributed by atoms with van der Waals surface area (Å²) in [4.78, 5) is 21.2. The number of hydrogen-bond acceptors (Lipinski definition) is 5. The molecule has 2 heterocycles. The molecule has 6 nitrogen and oxygen atoms in total. The fourth-order valence-electron chi connectivity index (χ4n) is 3.40. The number of amides is 1. The Labute approximate surface area is 158 Å². The topological polar surface area (TPSA) is 72.8 Å². The van der Waals surface area contributed by atoms with Gasteiger partial charge in [0.1, 0.15) is 6.61 Å². The molecule has 0 saturated heterocycles. The molecule has 1 N–H and O–H groups in total. The normalized spacial score (nSPS) is 20.0. The Balaban J connectivity index is 1.30. The third-order valence-corrected chi connectivity index (χ3v) is 4.90. The molecule has 27 heavy (non-hydrogen) atoms. The lowest BCUT2D eigenvalue weighted by Crippen LogP contribution is -2.28. The van der Waals surface area contributed by atoms with E-state index in [1.807, 2.05) is 24.3 Å². The molecule has 2 aromatic rings. The molecule has 1 aromatic carbocycles. The summed E-state index contributed by atoms with van der Waals surface area (Å²) in [6.45, 7) is 1.54. The largest absolute Gasteiger partial charge is 0.475 e. The van der Waals surface area contributed by atoms with Gasteiger partial charge in [0.25, 0.3) is 0 Å². The first-order valence-electron chi connectivity index (χ1n) is 9.23. The van der Waals surface area contributed by atoms with Crippen molar-refractivity contribution < 1.29 is 14.3 Å². The number of benzene rings is 1. The van der Waals surface area contributed by atoms with Crippen molar-refractivity contribution in [2.75, 3.05) is 20.3 Å². The quantitative estimate of drug-likeness (QED) is 0.764. The van der Waals surface area contributed by atoms with E-state index in [9.17, 15) is 4.79 Å². The SMILES string of the molecule is COCCOC1=NCc2cc(CC(=O)N[C@@H]3C[C@H]3c3ccccc3)ncc21. The zero-order valence-corrected chi connectivity index (χ0v) is 15.4. The first-order chi connectivity index (χ1) is 13.2. The Bertz CT molecular complexity index is 851. The first-order valence-corrected chi connectivity index (χ1v) is 9.23. The zero-order chi connectivity index (χ0) is 18.6. The van der Waals surface area contributed by atoms with Crippen molar-refractivity contribution in [3.63, 3.8) is 0 Å². The van der Waals surface area contributed by atoms with Gasteiger partial charge in [0.05, 0.1) is 30.8 Å². The summed E-state index contributed by atoms with van der Waals surface area (Å²) < 4.78 is 10.6. The van der Waals surface area contributed by atoms with Crippen LogP contribution in [0.2, 0.25) is 0 Å². The Morgan fingerprint density at radius 3 is 2.93 bits per heavy atom. The number of aromatic nitrogens is 1. The van der Waals surface area contributed by atoms with Gasteiger partial charge in [-0.3, -0.25) is 9.78 Å². The van der Waals surface area contributed by atoms with E-state index in [2.05, 4.69) is 27.4 Å². The summed E-state index contributed by atoms with van der Waals surface area (Å²) in [6.07, 6.45) is 3.04. The van der Waals surface area contributed by atoms with Crippen LogP contribution in [0.1, 0.15) is 34.7 Å². The van der Waals surface area contributed by atoms with Crippen LogP contribution in [-0.2, 0) is 27.2 Å². The van der Waals surface area contributed by atoms with Gasteiger partial charge < -0.3 is 14.8 Å². The highest BCUT2D eigenvalue weighted by atomic mass is 16.5. The number of rotatable bonds is 7. The Hall–Kier alpha value is -2.73. The maximum Gasteiger partial charge on any atom is 0.226 e. The van der Waals surface area contributed by atoms with E-state index in [-0.39, 0.29) is 18.4 Å². The highest BCUT2D eigenvalue weighted by molar-refractivity contribution is 5.97. The van der Waals surface area contributed by atoms with E-state index in [0.29, 0.717) is 31.6 Å². The molecule has 0 unspecified atom stereocenters. The Morgan fingerprint density at radius 1 is 1.26 bits per heavy atom. The van der Waals surface area contributed by atoms with E-state index in [4.69, 9.17) is 9.47 Å². The lowest BCUT2D eigenvalue weighted by molar-refractivity contribution is -0.120. The summed E-state index contributed by atoms with van der Waals surface area (Å²) in [5.74, 6) is 1.05. The first kappa shape index (κ1) is 17.7. The number of aliphatic imine (C=N–C) groups is 1. The van der Waals surface area contributed by atoms with Crippen molar-refractivity contribution in [1.29, 1.82) is 0 Å². The van der Waals surface area contributed by atoms with Crippen LogP contribution in [0.5, 0.6) is 0 Å². The van der Waals surface area contributed by atoms with Crippen molar-refractivity contribution in [3.05, 3.63) is 65.0 Å². The van der Waals surface area contributed by atoms with E-state index in [1.165, 1.54) is 5.56 Å². The number of pyridine rings is 1. The predicted octanol–water partition coefficient (Wildman–Crippen LogP) is 2.22. The number of carbonyl (C=O) groups excluding carboxylic acids is 1. The molecule has 1 saturated carbocycles. The third kappa shape index (κ3) is 4.17. The van der Waals surface area contributed by atoms with Crippen LogP contribution in [0.25, 0.3) is 0 Å². The molecule has 1 fully saturated rings. The van der Waals surface area contributed by atoms with Gasteiger partial charge in [0.2, 0.25) is 11.8 Å². The minimum Gasteiger partial charge on any atom is -0.475 e. The van der Waals surface area contributed by atoms with Gasteiger partial charge in [-0.05, 0) is 23.6 Å². The van der Waals surface area contributed by atoms with Gasteiger partial charge in [0, 0.05) is 25.3 Å². The molecule has 2 aliphatic rings. The van der Waals surface area contributed by atoms with Crippen LogP contribution in [-0.4, -0.2) is 43.2 Å². The molecule has 1 aliphatic heterocycles. The third-order valence-electron chi connectivity index (χ3n) is 4.90. The lowest BCUT2D eigenvalue weighted by Gasteiger charge is -2.08. The Morgan fingerprint density at radius 2 is 2.11 bits per heavy atom. The number of fused-ring (bicyclic) bond motifs is 1. The summed E-state index contributed by atoms with van der Waals surface area (Å²) >= 11 is 0. The zero-order valence-electron chi connectivity index (χ0n) is 15.4. The fourth-order valence-corrected chi connectivity index (χ4v) is 3.40. The molecular weight excluding hydrogens is 342 g/mol. The van der Waals surface area contributed by atoms with Crippen molar-refractivity contribution in [2.45, 2.75) is 31.3 Å². The average molecular weight is 365 g/mol. The van der Waals surface area contributed by atoms with Gasteiger partial charge in [0.15, 0.2) is 0 Å². The number of methoxy groups -OCH3 is 1. The summed E-state index contributed by atoms with van der Waals surface area (Å²) in [6, 6.07) is 12.5. The maximum atomic E-state index is 12.4. The van der Waals surface area contributed by atoms with Crippen molar-refractivity contribution in [3.8, 4) is 0 Å². The molecule has 140 valence electrons. The molecule has 1 aromatic heterocycles. The van der Waals surface area contributed by atoms with Gasteiger partial charge in [-0.2, -0.15) is 0 Å². The molecule has 6 heteroatoms. The minimum atomic E-state index is 0.0152. The minimum absolute atomic E-state index is 0.0152. The highest BCUT2D eigenvalue weighted by Crippen LogP contribution is 2.40. The second kappa shape index (κ2) is 7.88. The number of hydrogen-bond donors (Lipinski definition) is 1. The average Bonchev–Trinajstić information content (AvgIpc) is 3.33. The highest BCUT2D eigenvalue weighted by Gasteiger charge is 2.39. The van der Waals surface area contributed by atoms with E-state index >= 15 is 0 Å². The molecular formula is C21H23N3O3. The Kier molecular flexibility index (Phi) is 5.16. The number of ether oxygens (including phenoxy) is 2. The summed E-state index contributed by atoms with van der Waals surface area (Å²) in [5, 5.41) is 3.12. The predicted molar refractivity (Wildman–Crippen MR) is 102 cm³/mol. The smallest absolute Gasteiger partial charge is 0.226 e. The van der Waals surface area contributed by atoms with Gasteiger partial charge in [-0.1, -0.05) is 30.3 Å². The van der Waals surface area contributed by atoms with E-state index in [0.717, 1.165) is 23.2 Å². The molecule has 1 aliphatic carbocycles. The van der Waals surface area contributed by atoms with Crippen LogP contribution in [0.4, 0.5) is 0 Å². The van der Waals surface area contributed by atoms with Crippen LogP contribution >= 0.6 is 0 Å². The summed E-state index contributed by atoms with van der Waals surface area (Å²) in [5.41, 5.74) is 4.00. The maximum absolute atomic E-state index is 12.4. The van der Waals surface area contributed by atoms with Gasteiger partial charge in [-0.15, -0.1) is 0 Å². The van der Waals surface area contributed by atoms with E-state index < -0.39 is 0 Å². The van der Waals surface area contributed by atoms with Crippen LogP contribution in [0.3, 0.4) is 0 Å². The molecule has 0 radical (unpaired) electrons. The van der Waals surface area contributed by atoms with E-state index in [1.54, 1.807) is 13.3 Å². The van der Waals surface area contributed by atoms with Crippen molar-refractivity contribution in [2.24, 2.45) is 4.99 Å². The second-order valence-electron chi connectivity index (χ2n) is 6.90. The molecule has 2 atom stereocenters. The lowest BCUT2D eigenvalue weighted by atomic mass is 10.1. The number of carbonyl (C=O) groups is 1. The molecule has 0 bridgehead atoms. The number of nitrogens with zero attached hydrogens (tertiary/aromatic N) is 2. The molecule has 4 rings (SSSR count). The van der Waals surface area contributed by atoms with Crippen LogP contribution in [0.15, 0.2) is 47.6 Å². The van der Waals surface area contributed by atoms with Crippen molar-refractivity contribution in [1.82, 2.24) is 10.3 Å². The van der Waals surface area contributed by atoms with Crippen LogP contribution < -0.4 is 5.32 Å². The monoisotopic (exact) mass is 365 g/mol. The van der Waals surface area contributed by atoms with Crippen molar-refractivity contribution >= 4 is 11.8 Å².